The van der Waals surface area contributed by atoms with Crippen LogP contribution in [0.4, 0.5) is 13.2 Å². The van der Waals surface area contributed by atoms with Gasteiger partial charge in [-0.2, -0.15) is 18.2 Å². The molecule has 0 spiro atoms. The topological polar surface area (TPSA) is 44.1 Å². The molecule has 1 aromatic heterocycles. The summed E-state index contributed by atoms with van der Waals surface area (Å²) in [7, 11) is 2.44. The van der Waals surface area contributed by atoms with Crippen LogP contribution in [0.25, 0.3) is 0 Å². The third-order valence-corrected chi connectivity index (χ3v) is 2.49. The molecule has 0 aliphatic carbocycles. The van der Waals surface area contributed by atoms with E-state index in [-0.39, 0.29) is 11.3 Å². The summed E-state index contributed by atoms with van der Waals surface area (Å²) < 4.78 is 43.2. The zero-order valence-electron chi connectivity index (χ0n) is 8.43. The molecule has 0 atom stereocenters. The van der Waals surface area contributed by atoms with E-state index in [9.17, 15) is 18.0 Å². The maximum absolute atomic E-state index is 12.6. The summed E-state index contributed by atoms with van der Waals surface area (Å²) in [5.74, 6) is 0. The largest absolute Gasteiger partial charge is 0.468 e. The number of aromatic nitrogens is 2. The summed E-state index contributed by atoms with van der Waals surface area (Å²) in [5, 5.41) is -0.217. The minimum atomic E-state index is -4.68. The molecule has 0 amide bonds. The maximum Gasteiger partial charge on any atom is 0.434 e. The van der Waals surface area contributed by atoms with Crippen LogP contribution in [0.2, 0.25) is 0 Å². The number of hydrogen-bond acceptors (Lipinski definition) is 3. The highest BCUT2D eigenvalue weighted by atomic mass is 79.9. The monoisotopic (exact) mass is 300 g/mol. The SMILES string of the molecule is COc1nc(C(F)(F)F)c(CBr)c(=O)n1C. The Labute approximate surface area is 97.2 Å². The molecule has 16 heavy (non-hydrogen) atoms. The Morgan fingerprint density at radius 3 is 2.44 bits per heavy atom. The fourth-order valence-electron chi connectivity index (χ4n) is 1.17. The van der Waals surface area contributed by atoms with E-state index in [4.69, 9.17) is 0 Å². The number of ether oxygens (including phenoxy) is 1. The van der Waals surface area contributed by atoms with E-state index in [0.717, 1.165) is 11.7 Å². The van der Waals surface area contributed by atoms with Gasteiger partial charge in [0.25, 0.3) is 11.6 Å². The minimum Gasteiger partial charge on any atom is -0.468 e. The Morgan fingerprint density at radius 1 is 1.50 bits per heavy atom. The van der Waals surface area contributed by atoms with Gasteiger partial charge in [0.15, 0.2) is 5.69 Å². The van der Waals surface area contributed by atoms with E-state index in [1.54, 1.807) is 0 Å². The van der Waals surface area contributed by atoms with Crippen molar-refractivity contribution in [3.63, 3.8) is 0 Å². The second-order valence-corrected chi connectivity index (χ2v) is 3.48. The number of alkyl halides is 4. The van der Waals surface area contributed by atoms with Crippen molar-refractivity contribution in [2.24, 2.45) is 7.05 Å². The summed E-state index contributed by atoms with van der Waals surface area (Å²) in [6, 6.07) is -0.373. The molecule has 0 N–H and O–H groups in total. The second kappa shape index (κ2) is 4.44. The summed E-state index contributed by atoms with van der Waals surface area (Å²) in [6.45, 7) is 0. The van der Waals surface area contributed by atoms with Crippen molar-refractivity contribution in [1.82, 2.24) is 9.55 Å². The van der Waals surface area contributed by atoms with Gasteiger partial charge < -0.3 is 4.74 Å². The Balaban J connectivity index is 3.61. The molecule has 0 radical (unpaired) electrons. The van der Waals surface area contributed by atoms with Crippen LogP contribution >= 0.6 is 15.9 Å². The van der Waals surface area contributed by atoms with Gasteiger partial charge in [-0.25, -0.2) is 0 Å². The first-order chi connectivity index (χ1) is 7.32. The highest BCUT2D eigenvalue weighted by Crippen LogP contribution is 2.30. The van der Waals surface area contributed by atoms with Gasteiger partial charge in [0, 0.05) is 12.4 Å². The van der Waals surface area contributed by atoms with Gasteiger partial charge in [-0.1, -0.05) is 15.9 Å². The van der Waals surface area contributed by atoms with E-state index in [1.165, 1.54) is 7.05 Å². The number of methoxy groups -OCH3 is 1. The summed E-state index contributed by atoms with van der Waals surface area (Å²) >= 11 is 2.84. The Morgan fingerprint density at radius 2 is 2.06 bits per heavy atom. The summed E-state index contributed by atoms with van der Waals surface area (Å²) in [6.07, 6.45) is -4.68. The van der Waals surface area contributed by atoms with E-state index in [0.29, 0.717) is 0 Å². The lowest BCUT2D eigenvalue weighted by Gasteiger charge is -2.13. The van der Waals surface area contributed by atoms with Crippen LogP contribution in [0.5, 0.6) is 6.01 Å². The van der Waals surface area contributed by atoms with Crippen LogP contribution < -0.4 is 10.3 Å². The van der Waals surface area contributed by atoms with Crippen molar-refractivity contribution in [2.75, 3.05) is 7.11 Å². The number of nitrogens with zero attached hydrogens (tertiary/aromatic N) is 2. The van der Waals surface area contributed by atoms with Crippen LogP contribution in [0.1, 0.15) is 11.3 Å². The predicted octanol–water partition coefficient (Wildman–Crippen LogP) is 1.70. The molecule has 4 nitrogen and oxygen atoms in total. The number of halogens is 4. The van der Waals surface area contributed by atoms with E-state index in [1.807, 2.05) is 0 Å². The Hall–Kier alpha value is -1.05. The molecule has 1 aromatic rings. The second-order valence-electron chi connectivity index (χ2n) is 2.92. The average Bonchev–Trinajstić information content (AvgIpc) is 2.20. The van der Waals surface area contributed by atoms with Crippen molar-refractivity contribution >= 4 is 15.9 Å². The molecule has 8 heteroatoms. The minimum absolute atomic E-state index is 0.217. The van der Waals surface area contributed by atoms with Crippen LogP contribution in [0.15, 0.2) is 4.79 Å². The highest BCUT2D eigenvalue weighted by Gasteiger charge is 2.37. The highest BCUT2D eigenvalue weighted by molar-refractivity contribution is 9.08. The zero-order chi connectivity index (χ0) is 12.5. The van der Waals surface area contributed by atoms with Crippen molar-refractivity contribution in [3.05, 3.63) is 21.6 Å². The number of rotatable bonds is 2. The average molecular weight is 301 g/mol. The summed E-state index contributed by atoms with van der Waals surface area (Å²) in [4.78, 5) is 14.8. The quantitative estimate of drug-likeness (QED) is 0.781. The van der Waals surface area contributed by atoms with Gasteiger partial charge in [0.05, 0.1) is 12.7 Å². The van der Waals surface area contributed by atoms with E-state index < -0.39 is 23.0 Å². The molecular weight excluding hydrogens is 293 g/mol. The molecule has 1 heterocycles. The predicted molar refractivity (Wildman–Crippen MR) is 53.7 cm³/mol. The van der Waals surface area contributed by atoms with Crippen LogP contribution in [0, 0.1) is 0 Å². The molecule has 0 aliphatic heterocycles. The standard InChI is InChI=1S/C8H8BrF3N2O2/c1-14-6(15)4(3-9)5(8(10,11)12)13-7(14)16-2/h3H2,1-2H3. The van der Waals surface area contributed by atoms with Gasteiger partial charge >= 0.3 is 6.18 Å². The Bertz CT molecular complexity index is 456. The molecule has 0 fully saturated rings. The fourth-order valence-corrected chi connectivity index (χ4v) is 1.67. The molecule has 90 valence electrons. The molecule has 0 unspecified atom stereocenters. The van der Waals surface area contributed by atoms with E-state index >= 15 is 0 Å². The first kappa shape index (κ1) is 13.0. The van der Waals surface area contributed by atoms with Gasteiger partial charge in [-0.05, 0) is 0 Å². The zero-order valence-corrected chi connectivity index (χ0v) is 10.0. The fraction of sp³-hybridized carbons (Fsp3) is 0.500. The van der Waals surface area contributed by atoms with Crippen molar-refractivity contribution in [1.29, 1.82) is 0 Å². The van der Waals surface area contributed by atoms with Crippen molar-refractivity contribution in [2.45, 2.75) is 11.5 Å². The molecular formula is C8H8BrF3N2O2. The van der Waals surface area contributed by atoms with Gasteiger partial charge in [0.2, 0.25) is 0 Å². The van der Waals surface area contributed by atoms with Crippen LogP contribution in [0.3, 0.4) is 0 Å². The van der Waals surface area contributed by atoms with Crippen LogP contribution in [-0.2, 0) is 18.6 Å². The molecule has 0 saturated carbocycles. The summed E-state index contributed by atoms with van der Waals surface area (Å²) in [5.41, 5.74) is -2.43. The molecule has 0 bridgehead atoms. The molecule has 0 aromatic carbocycles. The number of hydrogen-bond donors (Lipinski definition) is 0. The molecule has 1 rings (SSSR count). The lowest BCUT2D eigenvalue weighted by Crippen LogP contribution is -2.28. The van der Waals surface area contributed by atoms with Gasteiger partial charge in [-0.15, -0.1) is 0 Å². The van der Waals surface area contributed by atoms with E-state index in [2.05, 4.69) is 25.7 Å². The lowest BCUT2D eigenvalue weighted by atomic mass is 10.2. The van der Waals surface area contributed by atoms with Crippen LogP contribution in [-0.4, -0.2) is 16.7 Å². The third-order valence-electron chi connectivity index (χ3n) is 1.93. The van der Waals surface area contributed by atoms with Crippen molar-refractivity contribution in [3.8, 4) is 6.01 Å². The van der Waals surface area contributed by atoms with Gasteiger partial charge in [0.1, 0.15) is 0 Å². The van der Waals surface area contributed by atoms with Crippen molar-refractivity contribution < 1.29 is 17.9 Å². The first-order valence-electron chi connectivity index (χ1n) is 4.10. The Kier molecular flexibility index (Phi) is 3.61. The molecule has 0 aliphatic rings. The maximum atomic E-state index is 12.6. The van der Waals surface area contributed by atoms with Gasteiger partial charge in [-0.3, -0.25) is 9.36 Å². The molecule has 0 saturated heterocycles. The third kappa shape index (κ3) is 2.21. The first-order valence-corrected chi connectivity index (χ1v) is 5.22. The smallest absolute Gasteiger partial charge is 0.434 e. The lowest BCUT2D eigenvalue weighted by molar-refractivity contribution is -0.142. The normalized spacial score (nSPS) is 11.6.